The molecule has 1 aromatic carbocycles. The normalized spacial score (nSPS) is 12.9. The fourth-order valence-electron chi connectivity index (χ4n) is 1.59. The lowest BCUT2D eigenvalue weighted by molar-refractivity contribution is 0.505. The molecule has 0 bridgehead atoms. The third-order valence-corrected chi connectivity index (χ3v) is 4.07. The zero-order chi connectivity index (χ0) is 12.3. The van der Waals surface area contributed by atoms with Gasteiger partial charge in [-0.05, 0) is 30.5 Å². The van der Waals surface area contributed by atoms with Gasteiger partial charge in [-0.2, -0.15) is 0 Å². The Kier molecular flexibility index (Phi) is 5.13. The van der Waals surface area contributed by atoms with E-state index in [2.05, 4.69) is 60.8 Å². The van der Waals surface area contributed by atoms with Crippen molar-refractivity contribution in [2.24, 2.45) is 5.92 Å². The van der Waals surface area contributed by atoms with Gasteiger partial charge >= 0.3 is 0 Å². The second-order valence-corrected chi connectivity index (χ2v) is 5.48. The summed E-state index contributed by atoms with van der Waals surface area (Å²) >= 11 is 9.72. The van der Waals surface area contributed by atoms with E-state index in [1.165, 1.54) is 5.56 Å². The zero-order valence-corrected chi connectivity index (χ0v) is 12.6. The molecule has 0 saturated heterocycles. The molecule has 0 aliphatic heterocycles. The summed E-state index contributed by atoms with van der Waals surface area (Å²) in [5.41, 5.74) is 2.31. The van der Waals surface area contributed by atoms with Gasteiger partial charge in [0.15, 0.2) is 0 Å². The number of anilines is 1. The van der Waals surface area contributed by atoms with Crippen molar-refractivity contribution in [1.82, 2.24) is 0 Å². The van der Waals surface area contributed by atoms with Crippen molar-refractivity contribution in [3.8, 4) is 0 Å². The van der Waals surface area contributed by atoms with Crippen LogP contribution in [0.25, 0.3) is 0 Å². The fourth-order valence-corrected chi connectivity index (χ4v) is 2.27. The monoisotopic (exact) mass is 303 g/mol. The summed E-state index contributed by atoms with van der Waals surface area (Å²) in [6, 6.07) is 6.71. The Hall–Kier alpha value is -0.210. The lowest BCUT2D eigenvalue weighted by Crippen LogP contribution is -2.33. The fraction of sp³-hybridized carbons (Fsp3) is 0.538. The number of alkyl halides is 1. The third kappa shape index (κ3) is 3.14. The van der Waals surface area contributed by atoms with Gasteiger partial charge in [-0.25, -0.2) is 0 Å². The van der Waals surface area contributed by atoms with Crippen molar-refractivity contribution in [2.75, 3.05) is 11.9 Å². The molecule has 3 heteroatoms. The number of benzene rings is 1. The van der Waals surface area contributed by atoms with Crippen LogP contribution >= 0.6 is 27.5 Å². The molecule has 0 aliphatic rings. The van der Waals surface area contributed by atoms with E-state index >= 15 is 0 Å². The molecule has 0 radical (unpaired) electrons. The molecule has 0 heterocycles. The highest BCUT2D eigenvalue weighted by Crippen LogP contribution is 2.29. The van der Waals surface area contributed by atoms with E-state index in [4.69, 9.17) is 11.6 Å². The lowest BCUT2D eigenvalue weighted by atomic mass is 10.0. The van der Waals surface area contributed by atoms with Crippen LogP contribution in [0, 0.1) is 5.92 Å². The summed E-state index contributed by atoms with van der Waals surface area (Å²) in [7, 11) is 2.10. The zero-order valence-electron chi connectivity index (χ0n) is 10.3. The molecule has 1 rings (SSSR count). The average Bonchev–Trinajstić information content (AvgIpc) is 2.26. The minimum Gasteiger partial charge on any atom is -0.370 e. The predicted octanol–water partition coefficient (Wildman–Crippen LogP) is 4.72. The van der Waals surface area contributed by atoms with Gasteiger partial charge in [-0.3, -0.25) is 0 Å². The third-order valence-electron chi connectivity index (χ3n) is 3.12. The topological polar surface area (TPSA) is 3.24 Å². The van der Waals surface area contributed by atoms with Gasteiger partial charge in [0.25, 0.3) is 0 Å². The van der Waals surface area contributed by atoms with E-state index in [-0.39, 0.29) is 0 Å². The summed E-state index contributed by atoms with van der Waals surface area (Å²) in [5, 5.41) is 1.67. The van der Waals surface area contributed by atoms with Gasteiger partial charge in [-0.15, -0.1) is 0 Å². The maximum atomic E-state index is 6.29. The van der Waals surface area contributed by atoms with E-state index in [1.54, 1.807) is 0 Å². The Labute approximate surface area is 112 Å². The molecule has 1 nitrogen and oxygen atoms in total. The Morgan fingerprint density at radius 2 is 1.94 bits per heavy atom. The van der Waals surface area contributed by atoms with Crippen molar-refractivity contribution in [3.63, 3.8) is 0 Å². The predicted molar refractivity (Wildman–Crippen MR) is 76.8 cm³/mol. The number of halogens is 2. The Balaban J connectivity index is 2.96. The smallest absolute Gasteiger partial charge is 0.0642 e. The average molecular weight is 305 g/mol. The van der Waals surface area contributed by atoms with Crippen LogP contribution in [0.15, 0.2) is 18.2 Å². The number of hydrogen-bond donors (Lipinski definition) is 0. The lowest BCUT2D eigenvalue weighted by Gasteiger charge is -2.30. The van der Waals surface area contributed by atoms with Crippen molar-refractivity contribution >= 4 is 33.2 Å². The van der Waals surface area contributed by atoms with Crippen LogP contribution in [0.3, 0.4) is 0 Å². The number of nitrogens with zero attached hydrogens (tertiary/aromatic N) is 1. The molecule has 0 fully saturated rings. The summed E-state index contributed by atoms with van der Waals surface area (Å²) in [5.74, 6) is 0.608. The first kappa shape index (κ1) is 13.9. The maximum Gasteiger partial charge on any atom is 0.0642 e. The van der Waals surface area contributed by atoms with E-state index in [1.807, 2.05) is 6.07 Å². The van der Waals surface area contributed by atoms with E-state index in [9.17, 15) is 0 Å². The Bertz CT molecular complexity index is 352. The molecule has 0 aliphatic carbocycles. The Morgan fingerprint density at radius 1 is 1.31 bits per heavy atom. The van der Waals surface area contributed by atoms with Crippen LogP contribution in [0.2, 0.25) is 5.02 Å². The van der Waals surface area contributed by atoms with Crippen LogP contribution in [0.1, 0.15) is 26.3 Å². The van der Waals surface area contributed by atoms with Crippen molar-refractivity contribution < 1.29 is 0 Å². The Morgan fingerprint density at radius 3 is 2.38 bits per heavy atom. The first-order valence-electron chi connectivity index (χ1n) is 5.54. The van der Waals surface area contributed by atoms with Crippen molar-refractivity contribution in [3.05, 3.63) is 28.8 Å². The molecule has 0 aromatic heterocycles. The van der Waals surface area contributed by atoms with Crippen LogP contribution < -0.4 is 4.90 Å². The first-order valence-corrected chi connectivity index (χ1v) is 7.04. The van der Waals surface area contributed by atoms with Gasteiger partial charge in [0.1, 0.15) is 0 Å². The van der Waals surface area contributed by atoms with Gasteiger partial charge in [0.05, 0.1) is 10.7 Å². The summed E-state index contributed by atoms with van der Waals surface area (Å²) < 4.78 is 0. The van der Waals surface area contributed by atoms with Crippen molar-refractivity contribution in [1.29, 1.82) is 0 Å². The molecule has 1 aromatic rings. The van der Waals surface area contributed by atoms with Crippen LogP contribution in [0.5, 0.6) is 0 Å². The van der Waals surface area contributed by atoms with Gasteiger partial charge in [0, 0.05) is 18.4 Å². The quantitative estimate of drug-likeness (QED) is 0.728. The molecule has 0 saturated carbocycles. The maximum absolute atomic E-state index is 6.29. The second-order valence-electron chi connectivity index (χ2n) is 4.51. The van der Waals surface area contributed by atoms with E-state index in [0.717, 1.165) is 16.0 Å². The number of rotatable bonds is 4. The van der Waals surface area contributed by atoms with Gasteiger partial charge in [-0.1, -0.05) is 47.4 Å². The first-order chi connectivity index (χ1) is 7.47. The van der Waals surface area contributed by atoms with Crippen LogP contribution in [-0.2, 0) is 5.33 Å². The molecule has 0 N–H and O–H groups in total. The summed E-state index contributed by atoms with van der Waals surface area (Å²) in [6.07, 6.45) is 0. The summed E-state index contributed by atoms with van der Waals surface area (Å²) in [4.78, 5) is 2.24. The minimum absolute atomic E-state index is 0.479. The number of hydrogen-bond acceptors (Lipinski definition) is 1. The molecule has 90 valence electrons. The van der Waals surface area contributed by atoms with Crippen LogP contribution in [0.4, 0.5) is 5.69 Å². The molecule has 0 spiro atoms. The van der Waals surface area contributed by atoms with E-state index < -0.39 is 0 Å². The molecule has 1 atom stereocenters. The van der Waals surface area contributed by atoms with E-state index in [0.29, 0.717) is 12.0 Å². The SMILES string of the molecule is CC(C)C(C)N(C)c1ccc(CBr)cc1Cl. The van der Waals surface area contributed by atoms with Gasteiger partial charge in [0.2, 0.25) is 0 Å². The minimum atomic E-state index is 0.479. The van der Waals surface area contributed by atoms with Crippen LogP contribution in [-0.4, -0.2) is 13.1 Å². The highest BCUT2D eigenvalue weighted by molar-refractivity contribution is 9.08. The molecule has 0 amide bonds. The molecule has 1 unspecified atom stereocenters. The highest BCUT2D eigenvalue weighted by atomic mass is 79.9. The van der Waals surface area contributed by atoms with Gasteiger partial charge < -0.3 is 4.90 Å². The highest BCUT2D eigenvalue weighted by Gasteiger charge is 2.15. The standard InChI is InChI=1S/C13H19BrClN/c1-9(2)10(3)16(4)13-6-5-11(8-14)7-12(13)15/h5-7,9-10H,8H2,1-4H3. The molecular formula is C13H19BrClN. The summed E-state index contributed by atoms with van der Waals surface area (Å²) in [6.45, 7) is 6.67. The molecular weight excluding hydrogens is 286 g/mol. The largest absolute Gasteiger partial charge is 0.370 e. The second kappa shape index (κ2) is 5.92. The van der Waals surface area contributed by atoms with Crippen molar-refractivity contribution in [2.45, 2.75) is 32.1 Å². The molecule has 16 heavy (non-hydrogen) atoms.